The highest BCUT2D eigenvalue weighted by molar-refractivity contribution is 9.15. The van der Waals surface area contributed by atoms with Crippen molar-refractivity contribution < 1.29 is 19.5 Å². The van der Waals surface area contributed by atoms with E-state index in [0.29, 0.717) is 24.3 Å². The Morgan fingerprint density at radius 3 is 1.70 bits per heavy atom. The minimum atomic E-state index is -1.20. The van der Waals surface area contributed by atoms with E-state index in [1.165, 1.54) is 0 Å². The van der Waals surface area contributed by atoms with Crippen LogP contribution >= 0.6 is 63.7 Å². The van der Waals surface area contributed by atoms with Crippen molar-refractivity contribution in [1.29, 1.82) is 0 Å². The first-order valence-electron chi connectivity index (χ1n) is 6.61. The van der Waals surface area contributed by atoms with Crippen molar-refractivity contribution in [2.75, 3.05) is 0 Å². The second-order valence-electron chi connectivity index (χ2n) is 5.15. The summed E-state index contributed by atoms with van der Waals surface area (Å²) in [5, 5.41) is 9.51. The predicted octanol–water partition coefficient (Wildman–Crippen LogP) is 4.83. The second kappa shape index (κ2) is 6.93. The molecule has 2 amide bonds. The van der Waals surface area contributed by atoms with Gasteiger partial charge in [0.2, 0.25) is 0 Å². The Morgan fingerprint density at radius 2 is 1.39 bits per heavy atom. The number of halogens is 4. The minimum Gasteiger partial charge on any atom is -0.480 e. The number of carbonyl (C=O) groups excluding carboxylic acids is 2. The molecule has 0 unspecified atom stereocenters. The van der Waals surface area contributed by atoms with Crippen molar-refractivity contribution in [2.24, 2.45) is 5.92 Å². The minimum absolute atomic E-state index is 0.159. The lowest BCUT2D eigenvalue weighted by Gasteiger charge is -2.27. The molecule has 1 heterocycles. The molecular weight excluding hydrogens is 566 g/mol. The Morgan fingerprint density at radius 1 is 1.00 bits per heavy atom. The summed E-state index contributed by atoms with van der Waals surface area (Å²) in [5.41, 5.74) is 0.318. The van der Waals surface area contributed by atoms with Crippen LogP contribution in [0.15, 0.2) is 17.9 Å². The fourth-order valence-electron chi connectivity index (χ4n) is 2.45. The van der Waals surface area contributed by atoms with Crippen molar-refractivity contribution in [2.45, 2.75) is 26.3 Å². The lowest BCUT2D eigenvalue weighted by molar-refractivity contribution is -0.143. The molecule has 9 heteroatoms. The molecule has 1 aliphatic heterocycles. The van der Waals surface area contributed by atoms with Crippen molar-refractivity contribution >= 4 is 81.5 Å². The van der Waals surface area contributed by atoms with Crippen LogP contribution in [-0.4, -0.2) is 33.8 Å². The van der Waals surface area contributed by atoms with Crippen molar-refractivity contribution in [1.82, 2.24) is 4.90 Å². The smallest absolute Gasteiger partial charge is 0.327 e. The van der Waals surface area contributed by atoms with E-state index in [0.717, 1.165) is 4.90 Å². The van der Waals surface area contributed by atoms with Gasteiger partial charge in [0.15, 0.2) is 0 Å². The number of nitrogens with zero attached hydrogens (tertiary/aromatic N) is 1. The monoisotopic (exact) mass is 573 g/mol. The van der Waals surface area contributed by atoms with Crippen molar-refractivity contribution in [3.05, 3.63) is 29.0 Å². The van der Waals surface area contributed by atoms with Gasteiger partial charge in [0.1, 0.15) is 6.04 Å². The van der Waals surface area contributed by atoms with E-state index in [1.54, 1.807) is 6.92 Å². The van der Waals surface area contributed by atoms with Gasteiger partial charge in [0.05, 0.1) is 11.1 Å². The summed E-state index contributed by atoms with van der Waals surface area (Å²) < 4.78 is 1.97. The molecular formula is C14H11Br4NO4. The summed E-state index contributed by atoms with van der Waals surface area (Å²) >= 11 is 13.3. The first-order valence-corrected chi connectivity index (χ1v) is 9.78. The zero-order valence-electron chi connectivity index (χ0n) is 12.0. The molecule has 0 saturated heterocycles. The van der Waals surface area contributed by atoms with Crippen LogP contribution in [0.2, 0.25) is 0 Å². The second-order valence-corrected chi connectivity index (χ2v) is 8.33. The standard InChI is InChI=1S/C14H11Br4NO4/c1-3-4(2)11(14(22)23)19-12(20)5-6(13(19)21)8(16)10(18)9(17)7(5)15/h4,11H,3H2,1-2H3,(H,22,23)/t4-,11-/m0/s1. The van der Waals surface area contributed by atoms with Gasteiger partial charge in [-0.05, 0) is 69.6 Å². The van der Waals surface area contributed by atoms with Gasteiger partial charge in [-0.25, -0.2) is 4.79 Å². The van der Waals surface area contributed by atoms with Gasteiger partial charge >= 0.3 is 5.97 Å². The number of aliphatic carboxylic acids is 1. The third-order valence-corrected chi connectivity index (χ3v) is 8.61. The number of rotatable bonds is 4. The largest absolute Gasteiger partial charge is 0.480 e. The van der Waals surface area contributed by atoms with Crippen LogP contribution in [-0.2, 0) is 4.79 Å². The van der Waals surface area contributed by atoms with Crippen LogP contribution in [0.1, 0.15) is 41.0 Å². The fourth-order valence-corrected chi connectivity index (χ4v) is 4.91. The zero-order chi connectivity index (χ0) is 17.6. The van der Waals surface area contributed by atoms with E-state index in [2.05, 4.69) is 63.7 Å². The molecule has 1 aromatic rings. The lowest BCUT2D eigenvalue weighted by Crippen LogP contribution is -2.48. The molecule has 5 nitrogen and oxygen atoms in total. The summed E-state index contributed by atoms with van der Waals surface area (Å²) in [6, 6.07) is -1.20. The molecule has 2 atom stereocenters. The van der Waals surface area contributed by atoms with E-state index < -0.39 is 23.8 Å². The van der Waals surface area contributed by atoms with Crippen LogP contribution < -0.4 is 0 Å². The summed E-state index contributed by atoms with van der Waals surface area (Å²) in [6.45, 7) is 3.52. The number of imide groups is 1. The molecule has 124 valence electrons. The summed E-state index contributed by atoms with van der Waals surface area (Å²) in [5.74, 6) is -2.78. The summed E-state index contributed by atoms with van der Waals surface area (Å²) in [6.07, 6.45) is 0.528. The molecule has 0 fully saturated rings. The first kappa shape index (κ1) is 19.1. The number of carboxylic acid groups (broad SMARTS) is 1. The van der Waals surface area contributed by atoms with E-state index in [-0.39, 0.29) is 17.0 Å². The van der Waals surface area contributed by atoms with Crippen LogP contribution in [0.3, 0.4) is 0 Å². The third kappa shape index (κ3) is 2.94. The Bertz CT molecular complexity index is 687. The first-order chi connectivity index (χ1) is 10.6. The van der Waals surface area contributed by atoms with Crippen LogP contribution in [0.5, 0.6) is 0 Å². The molecule has 1 aliphatic rings. The number of amides is 2. The lowest BCUT2D eigenvalue weighted by atomic mass is 9.98. The number of hydrogen-bond donors (Lipinski definition) is 1. The molecule has 0 aromatic heterocycles. The van der Waals surface area contributed by atoms with Gasteiger partial charge in [0, 0.05) is 17.9 Å². The van der Waals surface area contributed by atoms with Crippen molar-refractivity contribution in [3.8, 4) is 0 Å². The van der Waals surface area contributed by atoms with Gasteiger partial charge in [-0.15, -0.1) is 0 Å². The highest BCUT2D eigenvalue weighted by Crippen LogP contribution is 2.46. The van der Waals surface area contributed by atoms with Gasteiger partial charge in [0.25, 0.3) is 11.8 Å². The maximum absolute atomic E-state index is 12.8. The molecule has 1 aromatic carbocycles. The topological polar surface area (TPSA) is 74.7 Å². The van der Waals surface area contributed by atoms with E-state index in [1.807, 2.05) is 6.92 Å². The summed E-state index contributed by atoms with van der Waals surface area (Å²) in [7, 11) is 0. The Balaban J connectivity index is 2.69. The predicted molar refractivity (Wildman–Crippen MR) is 98.6 cm³/mol. The van der Waals surface area contributed by atoms with Crippen molar-refractivity contribution in [3.63, 3.8) is 0 Å². The Labute approximate surface area is 166 Å². The average molecular weight is 577 g/mol. The maximum atomic E-state index is 12.8. The molecule has 1 N–H and O–H groups in total. The molecule has 2 rings (SSSR count). The summed E-state index contributed by atoms with van der Waals surface area (Å²) in [4.78, 5) is 38.0. The molecule has 0 aliphatic carbocycles. The van der Waals surface area contributed by atoms with Crippen LogP contribution in [0, 0.1) is 5.92 Å². The van der Waals surface area contributed by atoms with Gasteiger partial charge in [-0.1, -0.05) is 20.3 Å². The Kier molecular flexibility index (Phi) is 5.75. The van der Waals surface area contributed by atoms with Gasteiger partial charge in [-0.2, -0.15) is 0 Å². The highest BCUT2D eigenvalue weighted by atomic mass is 79.9. The number of carboxylic acids is 1. The quantitative estimate of drug-likeness (QED) is 0.317. The molecule has 0 saturated carbocycles. The molecule has 0 bridgehead atoms. The molecule has 0 spiro atoms. The zero-order valence-corrected chi connectivity index (χ0v) is 18.3. The molecule has 0 radical (unpaired) electrons. The number of benzene rings is 1. The van der Waals surface area contributed by atoms with Crippen LogP contribution in [0.25, 0.3) is 0 Å². The van der Waals surface area contributed by atoms with E-state index in [9.17, 15) is 19.5 Å². The Hall–Kier alpha value is -0.250. The van der Waals surface area contributed by atoms with E-state index in [4.69, 9.17) is 0 Å². The SMILES string of the molecule is CC[C@H](C)[C@@H](C(=O)O)N1C(=O)c2c(Br)c(Br)c(Br)c(Br)c2C1=O. The normalized spacial score (nSPS) is 16.5. The van der Waals surface area contributed by atoms with E-state index >= 15 is 0 Å². The van der Waals surface area contributed by atoms with Gasteiger partial charge in [-0.3, -0.25) is 14.5 Å². The maximum Gasteiger partial charge on any atom is 0.327 e. The fraction of sp³-hybridized carbons (Fsp3) is 0.357. The molecule has 23 heavy (non-hydrogen) atoms. The third-order valence-electron chi connectivity index (χ3n) is 3.85. The number of carbonyl (C=O) groups is 3. The van der Waals surface area contributed by atoms with Crippen LogP contribution in [0.4, 0.5) is 0 Å². The average Bonchev–Trinajstić information content (AvgIpc) is 2.75. The number of fused-ring (bicyclic) bond motifs is 1. The number of hydrogen-bond acceptors (Lipinski definition) is 3. The van der Waals surface area contributed by atoms with Gasteiger partial charge < -0.3 is 5.11 Å². The highest BCUT2D eigenvalue weighted by Gasteiger charge is 2.47.